The van der Waals surface area contributed by atoms with Crippen molar-refractivity contribution in [2.24, 2.45) is 5.92 Å². The summed E-state index contributed by atoms with van der Waals surface area (Å²) in [5.41, 5.74) is 1.50. The molecule has 0 saturated carbocycles. The molecule has 1 aliphatic heterocycles. The largest absolute Gasteiger partial charge is 0.146 e. The van der Waals surface area contributed by atoms with Crippen LogP contribution in [-0.2, 0) is 0 Å². The monoisotopic (exact) mass is 188 g/mol. The molecule has 1 aromatic carbocycles. The normalized spacial score (nSPS) is 35.5. The van der Waals surface area contributed by atoms with Gasteiger partial charge in [-0.3, -0.25) is 0 Å². The zero-order valence-electron chi connectivity index (χ0n) is 7.39. The van der Waals surface area contributed by atoms with Gasteiger partial charge in [0.2, 0.25) is 0 Å². The van der Waals surface area contributed by atoms with Gasteiger partial charge in [-0.15, -0.1) is 11.8 Å². The maximum Gasteiger partial charge on any atom is 0.0366 e. The average Bonchev–Trinajstić information content (AvgIpc) is 2.80. The van der Waals surface area contributed by atoms with Crippen molar-refractivity contribution in [3.8, 4) is 0 Å². The lowest BCUT2D eigenvalue weighted by Crippen LogP contribution is -2.00. The van der Waals surface area contributed by atoms with Gasteiger partial charge in [0, 0.05) is 10.5 Å². The van der Waals surface area contributed by atoms with E-state index in [0.717, 1.165) is 16.4 Å². The van der Waals surface area contributed by atoms with Crippen LogP contribution in [0.15, 0.2) is 42.5 Å². The molecule has 0 aromatic heterocycles. The molecular formula is C12H12S. The third-order valence-electron chi connectivity index (χ3n) is 2.92. The topological polar surface area (TPSA) is 0 Å². The van der Waals surface area contributed by atoms with E-state index in [9.17, 15) is 0 Å². The van der Waals surface area contributed by atoms with E-state index < -0.39 is 0 Å². The van der Waals surface area contributed by atoms with Crippen molar-refractivity contribution in [1.82, 2.24) is 0 Å². The first-order valence-corrected chi connectivity index (χ1v) is 5.76. The molecule has 0 radical (unpaired) electrons. The van der Waals surface area contributed by atoms with Crippen molar-refractivity contribution in [3.05, 3.63) is 48.0 Å². The van der Waals surface area contributed by atoms with E-state index in [1.165, 1.54) is 12.0 Å². The molecule has 1 saturated heterocycles. The quantitative estimate of drug-likeness (QED) is 0.608. The molecule has 3 atom stereocenters. The molecule has 3 rings (SSSR count). The van der Waals surface area contributed by atoms with E-state index in [1.54, 1.807) is 0 Å². The molecule has 1 aromatic rings. The summed E-state index contributed by atoms with van der Waals surface area (Å²) < 4.78 is 0. The summed E-state index contributed by atoms with van der Waals surface area (Å²) in [6, 6.07) is 10.9. The Morgan fingerprint density at radius 2 is 1.92 bits per heavy atom. The summed E-state index contributed by atoms with van der Waals surface area (Å²) in [6.07, 6.45) is 6.14. The second kappa shape index (κ2) is 2.91. The summed E-state index contributed by atoms with van der Waals surface area (Å²) in [4.78, 5) is 0. The summed E-state index contributed by atoms with van der Waals surface area (Å²) in [6.45, 7) is 0. The molecule has 0 nitrogen and oxygen atoms in total. The zero-order chi connectivity index (χ0) is 8.67. The molecule has 0 spiro atoms. The van der Waals surface area contributed by atoms with Crippen LogP contribution in [0.3, 0.4) is 0 Å². The molecular weight excluding hydrogens is 176 g/mol. The van der Waals surface area contributed by atoms with Crippen LogP contribution < -0.4 is 0 Å². The minimum Gasteiger partial charge on any atom is -0.146 e. The van der Waals surface area contributed by atoms with Crippen LogP contribution in [0.25, 0.3) is 0 Å². The van der Waals surface area contributed by atoms with Gasteiger partial charge in [0.05, 0.1) is 0 Å². The summed E-state index contributed by atoms with van der Waals surface area (Å²) in [7, 11) is 0. The standard InChI is InChI=1S/C12H12S/c1-2-4-9(5-3-1)12-10-6-7-11(8-10)13-12/h1-7,10-12H,8H2. The Balaban J connectivity index is 1.92. The minimum absolute atomic E-state index is 0.733. The maximum atomic E-state index is 2.40. The Hall–Kier alpha value is -0.690. The molecule has 1 aliphatic carbocycles. The van der Waals surface area contributed by atoms with Crippen molar-refractivity contribution in [1.29, 1.82) is 0 Å². The lowest BCUT2D eigenvalue weighted by atomic mass is 9.99. The van der Waals surface area contributed by atoms with Gasteiger partial charge in [-0.1, -0.05) is 42.5 Å². The van der Waals surface area contributed by atoms with E-state index >= 15 is 0 Å². The van der Waals surface area contributed by atoms with Crippen LogP contribution in [0, 0.1) is 5.92 Å². The molecule has 2 bridgehead atoms. The van der Waals surface area contributed by atoms with Crippen LogP contribution in [0.5, 0.6) is 0 Å². The van der Waals surface area contributed by atoms with Gasteiger partial charge in [0.25, 0.3) is 0 Å². The molecule has 1 fully saturated rings. The molecule has 0 amide bonds. The van der Waals surface area contributed by atoms with Gasteiger partial charge in [0.1, 0.15) is 0 Å². The van der Waals surface area contributed by atoms with Crippen molar-refractivity contribution < 1.29 is 0 Å². The molecule has 66 valence electrons. The van der Waals surface area contributed by atoms with Crippen LogP contribution >= 0.6 is 11.8 Å². The highest BCUT2D eigenvalue weighted by Crippen LogP contribution is 2.53. The molecule has 13 heavy (non-hydrogen) atoms. The van der Waals surface area contributed by atoms with Crippen LogP contribution in [-0.4, -0.2) is 5.25 Å². The predicted molar refractivity (Wildman–Crippen MR) is 57.8 cm³/mol. The van der Waals surface area contributed by atoms with Crippen molar-refractivity contribution >= 4 is 11.8 Å². The van der Waals surface area contributed by atoms with Gasteiger partial charge >= 0.3 is 0 Å². The molecule has 0 N–H and O–H groups in total. The fraction of sp³-hybridized carbons (Fsp3) is 0.333. The Kier molecular flexibility index (Phi) is 1.72. The van der Waals surface area contributed by atoms with Crippen LogP contribution in [0.4, 0.5) is 0 Å². The highest BCUT2D eigenvalue weighted by Gasteiger charge is 2.36. The average molecular weight is 188 g/mol. The smallest absolute Gasteiger partial charge is 0.0366 e. The van der Waals surface area contributed by atoms with E-state index in [1.807, 2.05) is 0 Å². The van der Waals surface area contributed by atoms with E-state index in [4.69, 9.17) is 0 Å². The minimum atomic E-state index is 0.733. The fourth-order valence-electron chi connectivity index (χ4n) is 2.28. The third kappa shape index (κ3) is 1.22. The lowest BCUT2D eigenvalue weighted by molar-refractivity contribution is 0.658. The second-order valence-corrected chi connectivity index (χ2v) is 5.18. The summed E-state index contributed by atoms with van der Waals surface area (Å²) >= 11 is 2.13. The number of hydrogen-bond donors (Lipinski definition) is 0. The summed E-state index contributed by atoms with van der Waals surface area (Å²) in [5.74, 6) is 0.803. The molecule has 3 unspecified atom stereocenters. The number of thioether (sulfide) groups is 1. The predicted octanol–water partition coefficient (Wildman–Crippen LogP) is 3.42. The SMILES string of the molecule is C1=CC2CC1SC2c1ccccc1. The number of benzene rings is 1. The Labute approximate surface area is 83.0 Å². The first-order valence-electron chi connectivity index (χ1n) is 4.82. The first kappa shape index (κ1) is 7.69. The van der Waals surface area contributed by atoms with Gasteiger partial charge in [0.15, 0.2) is 0 Å². The molecule has 2 aliphatic rings. The highest BCUT2D eigenvalue weighted by molar-refractivity contribution is 8.00. The maximum absolute atomic E-state index is 2.40. The number of fused-ring (bicyclic) bond motifs is 2. The van der Waals surface area contributed by atoms with E-state index in [2.05, 4.69) is 54.2 Å². The Morgan fingerprint density at radius 1 is 1.08 bits per heavy atom. The fourth-order valence-corrected chi connectivity index (χ4v) is 3.88. The third-order valence-corrected chi connectivity index (χ3v) is 4.53. The number of hydrogen-bond acceptors (Lipinski definition) is 1. The van der Waals surface area contributed by atoms with Crippen molar-refractivity contribution in [2.45, 2.75) is 16.9 Å². The molecule has 1 heteroatoms. The lowest BCUT2D eigenvalue weighted by Gasteiger charge is -2.17. The molecule has 1 heterocycles. The van der Waals surface area contributed by atoms with Crippen molar-refractivity contribution in [3.63, 3.8) is 0 Å². The first-order chi connectivity index (χ1) is 6.43. The Morgan fingerprint density at radius 3 is 2.54 bits per heavy atom. The van der Waals surface area contributed by atoms with Gasteiger partial charge in [-0.2, -0.15) is 0 Å². The highest BCUT2D eigenvalue weighted by atomic mass is 32.2. The number of rotatable bonds is 1. The van der Waals surface area contributed by atoms with Crippen molar-refractivity contribution in [2.75, 3.05) is 0 Å². The van der Waals surface area contributed by atoms with Crippen LogP contribution in [0.1, 0.15) is 17.2 Å². The zero-order valence-corrected chi connectivity index (χ0v) is 8.21. The summed E-state index contributed by atoms with van der Waals surface area (Å²) in [5, 5.41) is 1.53. The van der Waals surface area contributed by atoms with E-state index in [0.29, 0.717) is 0 Å². The van der Waals surface area contributed by atoms with Gasteiger partial charge in [-0.05, 0) is 17.9 Å². The van der Waals surface area contributed by atoms with Gasteiger partial charge in [-0.25, -0.2) is 0 Å². The second-order valence-electron chi connectivity index (χ2n) is 3.79. The number of allylic oxidation sites excluding steroid dienone is 1. The Bertz CT molecular complexity index is 328. The van der Waals surface area contributed by atoms with E-state index in [-0.39, 0.29) is 0 Å². The van der Waals surface area contributed by atoms with Gasteiger partial charge < -0.3 is 0 Å². The van der Waals surface area contributed by atoms with Crippen LogP contribution in [0.2, 0.25) is 0 Å².